The molecule has 0 amide bonds. The van der Waals surface area contributed by atoms with Crippen LogP contribution in [0.25, 0.3) is 0 Å². The van der Waals surface area contributed by atoms with Gasteiger partial charge in [-0.05, 0) is 42.7 Å². The van der Waals surface area contributed by atoms with Crippen molar-refractivity contribution in [3.63, 3.8) is 0 Å². The first-order valence-corrected chi connectivity index (χ1v) is 6.23. The SMILES string of the molecule is CC1C[C@@H](OC(=O)c2ccco2)CCC1(C)C. The summed E-state index contributed by atoms with van der Waals surface area (Å²) in [6.45, 7) is 6.79. The molecular weight excluding hydrogens is 216 g/mol. The number of esters is 1. The lowest BCUT2D eigenvalue weighted by Crippen LogP contribution is -2.34. The van der Waals surface area contributed by atoms with Crippen molar-refractivity contribution in [2.45, 2.75) is 46.1 Å². The molecule has 3 nitrogen and oxygen atoms in total. The average molecular weight is 236 g/mol. The minimum atomic E-state index is -0.341. The van der Waals surface area contributed by atoms with E-state index in [0.29, 0.717) is 17.1 Å². The van der Waals surface area contributed by atoms with E-state index in [9.17, 15) is 4.79 Å². The van der Waals surface area contributed by atoms with E-state index in [1.54, 1.807) is 12.1 Å². The summed E-state index contributed by atoms with van der Waals surface area (Å²) >= 11 is 0. The zero-order chi connectivity index (χ0) is 12.5. The predicted octanol–water partition coefficient (Wildman–Crippen LogP) is 3.65. The molecule has 0 aromatic carbocycles. The van der Waals surface area contributed by atoms with Gasteiger partial charge in [-0.3, -0.25) is 0 Å². The van der Waals surface area contributed by atoms with E-state index >= 15 is 0 Å². The summed E-state index contributed by atoms with van der Waals surface area (Å²) in [6, 6.07) is 3.34. The van der Waals surface area contributed by atoms with Crippen molar-refractivity contribution in [1.82, 2.24) is 0 Å². The smallest absolute Gasteiger partial charge is 0.374 e. The molecule has 17 heavy (non-hydrogen) atoms. The number of rotatable bonds is 2. The van der Waals surface area contributed by atoms with Crippen LogP contribution in [0.4, 0.5) is 0 Å². The third-order valence-corrected chi connectivity index (χ3v) is 4.06. The highest BCUT2D eigenvalue weighted by atomic mass is 16.6. The second kappa shape index (κ2) is 4.55. The van der Waals surface area contributed by atoms with Crippen molar-refractivity contribution < 1.29 is 13.9 Å². The third-order valence-electron chi connectivity index (χ3n) is 4.06. The fourth-order valence-corrected chi connectivity index (χ4v) is 2.32. The Morgan fingerprint density at radius 2 is 2.29 bits per heavy atom. The monoisotopic (exact) mass is 236 g/mol. The summed E-state index contributed by atoms with van der Waals surface area (Å²) in [7, 11) is 0. The maximum atomic E-state index is 11.7. The Kier molecular flexibility index (Phi) is 3.27. The first-order valence-electron chi connectivity index (χ1n) is 6.23. The van der Waals surface area contributed by atoms with Crippen LogP contribution in [0.15, 0.2) is 22.8 Å². The molecule has 3 heteroatoms. The van der Waals surface area contributed by atoms with Gasteiger partial charge in [0.25, 0.3) is 0 Å². The Labute approximate surface area is 102 Å². The van der Waals surface area contributed by atoms with Crippen LogP contribution in [-0.2, 0) is 4.74 Å². The summed E-state index contributed by atoms with van der Waals surface area (Å²) in [6.07, 6.45) is 4.52. The molecule has 94 valence electrons. The van der Waals surface area contributed by atoms with E-state index in [-0.39, 0.29) is 12.1 Å². The van der Waals surface area contributed by atoms with Gasteiger partial charge in [0, 0.05) is 0 Å². The molecule has 0 spiro atoms. The maximum absolute atomic E-state index is 11.7. The van der Waals surface area contributed by atoms with Crippen molar-refractivity contribution in [3.8, 4) is 0 Å². The van der Waals surface area contributed by atoms with E-state index in [0.717, 1.165) is 19.3 Å². The van der Waals surface area contributed by atoms with Gasteiger partial charge in [-0.25, -0.2) is 4.79 Å². The lowest BCUT2D eigenvalue weighted by molar-refractivity contribution is -0.00903. The van der Waals surface area contributed by atoms with Gasteiger partial charge in [-0.2, -0.15) is 0 Å². The molecule has 1 aromatic rings. The predicted molar refractivity (Wildman–Crippen MR) is 64.7 cm³/mol. The molecule has 1 unspecified atom stereocenters. The van der Waals surface area contributed by atoms with Crippen LogP contribution in [0.2, 0.25) is 0 Å². The topological polar surface area (TPSA) is 39.4 Å². The third kappa shape index (κ3) is 2.71. The molecule has 2 atom stereocenters. The molecule has 1 aromatic heterocycles. The summed E-state index contributed by atoms with van der Waals surface area (Å²) in [5.41, 5.74) is 0.355. The number of furan rings is 1. The van der Waals surface area contributed by atoms with Gasteiger partial charge in [0.2, 0.25) is 5.76 Å². The van der Waals surface area contributed by atoms with Crippen molar-refractivity contribution in [2.75, 3.05) is 0 Å². The number of ether oxygens (including phenoxy) is 1. The van der Waals surface area contributed by atoms with Gasteiger partial charge < -0.3 is 9.15 Å². The number of carbonyl (C=O) groups excluding carboxylic acids is 1. The molecule has 0 aliphatic heterocycles. The van der Waals surface area contributed by atoms with Gasteiger partial charge in [-0.15, -0.1) is 0 Å². The fraction of sp³-hybridized carbons (Fsp3) is 0.643. The minimum Gasteiger partial charge on any atom is -0.457 e. The fourth-order valence-electron chi connectivity index (χ4n) is 2.32. The molecule has 1 fully saturated rings. The highest BCUT2D eigenvalue weighted by molar-refractivity contribution is 5.86. The van der Waals surface area contributed by atoms with Crippen LogP contribution >= 0.6 is 0 Å². The Hall–Kier alpha value is -1.25. The Balaban J connectivity index is 1.91. The molecule has 0 N–H and O–H groups in total. The van der Waals surface area contributed by atoms with Gasteiger partial charge >= 0.3 is 5.97 Å². The van der Waals surface area contributed by atoms with Crippen molar-refractivity contribution in [1.29, 1.82) is 0 Å². The van der Waals surface area contributed by atoms with Crippen molar-refractivity contribution in [2.24, 2.45) is 11.3 Å². The van der Waals surface area contributed by atoms with E-state index < -0.39 is 0 Å². The van der Waals surface area contributed by atoms with Gasteiger partial charge in [-0.1, -0.05) is 20.8 Å². The number of hydrogen-bond donors (Lipinski definition) is 0. The Morgan fingerprint density at radius 1 is 1.53 bits per heavy atom. The molecule has 0 saturated heterocycles. The minimum absolute atomic E-state index is 0.0376. The Morgan fingerprint density at radius 3 is 2.88 bits per heavy atom. The molecule has 1 saturated carbocycles. The summed E-state index contributed by atoms with van der Waals surface area (Å²) < 4.78 is 10.5. The molecule has 1 aliphatic carbocycles. The second-order valence-corrected chi connectivity index (χ2v) is 5.67. The summed E-state index contributed by atoms with van der Waals surface area (Å²) in [4.78, 5) is 11.7. The van der Waals surface area contributed by atoms with E-state index in [1.165, 1.54) is 6.26 Å². The zero-order valence-electron chi connectivity index (χ0n) is 10.7. The highest BCUT2D eigenvalue weighted by Crippen LogP contribution is 2.41. The Bertz CT molecular complexity index is 378. The first-order chi connectivity index (χ1) is 7.99. The largest absolute Gasteiger partial charge is 0.457 e. The second-order valence-electron chi connectivity index (χ2n) is 5.67. The average Bonchev–Trinajstić information content (AvgIpc) is 2.77. The summed E-state index contributed by atoms with van der Waals surface area (Å²) in [5.74, 6) is 0.528. The first kappa shape index (κ1) is 12.2. The van der Waals surface area contributed by atoms with Crippen LogP contribution < -0.4 is 0 Å². The van der Waals surface area contributed by atoms with Crippen LogP contribution in [0.5, 0.6) is 0 Å². The van der Waals surface area contributed by atoms with Crippen LogP contribution in [0, 0.1) is 11.3 Å². The number of carbonyl (C=O) groups is 1. The maximum Gasteiger partial charge on any atom is 0.374 e. The zero-order valence-corrected chi connectivity index (χ0v) is 10.7. The van der Waals surface area contributed by atoms with Gasteiger partial charge in [0.05, 0.1) is 6.26 Å². The van der Waals surface area contributed by atoms with Gasteiger partial charge in [0.15, 0.2) is 0 Å². The molecule has 0 radical (unpaired) electrons. The van der Waals surface area contributed by atoms with E-state index in [4.69, 9.17) is 9.15 Å². The van der Waals surface area contributed by atoms with Crippen LogP contribution in [-0.4, -0.2) is 12.1 Å². The van der Waals surface area contributed by atoms with Crippen LogP contribution in [0.3, 0.4) is 0 Å². The highest BCUT2D eigenvalue weighted by Gasteiger charge is 2.35. The molecule has 1 aliphatic rings. The molecule has 2 rings (SSSR count). The van der Waals surface area contributed by atoms with Crippen molar-refractivity contribution >= 4 is 5.97 Å². The lowest BCUT2D eigenvalue weighted by atomic mass is 9.69. The molecule has 1 heterocycles. The van der Waals surface area contributed by atoms with Crippen LogP contribution in [0.1, 0.15) is 50.6 Å². The lowest BCUT2D eigenvalue weighted by Gasteiger charge is -2.39. The normalized spacial score (nSPS) is 27.7. The quantitative estimate of drug-likeness (QED) is 0.736. The summed E-state index contributed by atoms with van der Waals surface area (Å²) in [5, 5.41) is 0. The van der Waals surface area contributed by atoms with E-state index in [1.807, 2.05) is 0 Å². The molecule has 0 bridgehead atoms. The molecular formula is C14H20O3. The van der Waals surface area contributed by atoms with Crippen molar-refractivity contribution in [3.05, 3.63) is 24.2 Å². The van der Waals surface area contributed by atoms with E-state index in [2.05, 4.69) is 20.8 Å². The standard InChI is InChI=1S/C14H20O3/c1-10-9-11(6-7-14(10,2)3)17-13(15)12-5-4-8-16-12/h4-5,8,10-11H,6-7,9H2,1-3H3/t10?,11-/m0/s1. The number of hydrogen-bond acceptors (Lipinski definition) is 3. The van der Waals surface area contributed by atoms with Gasteiger partial charge in [0.1, 0.15) is 6.10 Å².